The summed E-state index contributed by atoms with van der Waals surface area (Å²) in [5, 5.41) is 5.13. The van der Waals surface area contributed by atoms with Crippen LogP contribution in [0.25, 0.3) is 16.7 Å². The predicted octanol–water partition coefficient (Wildman–Crippen LogP) is 3.34. The molecule has 4 aromatic rings. The molecular formula is C25H23N5O4S. The summed E-state index contributed by atoms with van der Waals surface area (Å²) in [6.07, 6.45) is 3.34. The van der Waals surface area contributed by atoms with Crippen molar-refractivity contribution in [3.63, 3.8) is 0 Å². The van der Waals surface area contributed by atoms with E-state index >= 15 is 0 Å². The Bertz CT molecular complexity index is 1450. The third kappa shape index (κ3) is 4.14. The molecule has 0 aliphatic carbocycles. The normalized spacial score (nSPS) is 17.1. The molecule has 178 valence electrons. The summed E-state index contributed by atoms with van der Waals surface area (Å²) in [6, 6.07) is 15.4. The summed E-state index contributed by atoms with van der Waals surface area (Å²) in [4.78, 5) is 35.1. The highest BCUT2D eigenvalue weighted by Gasteiger charge is 2.31. The number of thioether (sulfide) groups is 1. The Balaban J connectivity index is 1.20. The molecule has 1 saturated heterocycles. The number of aromatic amines is 1. The largest absolute Gasteiger partial charge is 0.486 e. The predicted molar refractivity (Wildman–Crippen MR) is 131 cm³/mol. The highest BCUT2D eigenvalue weighted by Crippen LogP contribution is 2.38. The molecule has 10 heteroatoms. The summed E-state index contributed by atoms with van der Waals surface area (Å²) in [6.45, 7) is 1.77. The molecule has 9 nitrogen and oxygen atoms in total. The van der Waals surface area contributed by atoms with Crippen LogP contribution in [0.4, 0.5) is 0 Å². The maximum atomic E-state index is 13.2. The monoisotopic (exact) mass is 489 g/mol. The van der Waals surface area contributed by atoms with Gasteiger partial charge in [0, 0.05) is 6.54 Å². The van der Waals surface area contributed by atoms with E-state index in [1.807, 2.05) is 53.4 Å². The van der Waals surface area contributed by atoms with E-state index in [0.29, 0.717) is 35.9 Å². The van der Waals surface area contributed by atoms with E-state index in [4.69, 9.17) is 9.47 Å². The van der Waals surface area contributed by atoms with Crippen LogP contribution >= 0.6 is 11.8 Å². The molecule has 1 atom stereocenters. The van der Waals surface area contributed by atoms with Gasteiger partial charge in [0.15, 0.2) is 22.3 Å². The van der Waals surface area contributed by atoms with Crippen molar-refractivity contribution in [1.82, 2.24) is 24.6 Å². The van der Waals surface area contributed by atoms with Gasteiger partial charge in [0.2, 0.25) is 5.91 Å². The lowest BCUT2D eigenvalue weighted by Crippen LogP contribution is -2.32. The van der Waals surface area contributed by atoms with Crippen molar-refractivity contribution in [1.29, 1.82) is 0 Å². The van der Waals surface area contributed by atoms with Gasteiger partial charge in [-0.15, -0.1) is 0 Å². The molecule has 4 heterocycles. The van der Waals surface area contributed by atoms with Crippen molar-refractivity contribution in [2.75, 3.05) is 25.5 Å². The van der Waals surface area contributed by atoms with E-state index in [-0.39, 0.29) is 23.3 Å². The lowest BCUT2D eigenvalue weighted by molar-refractivity contribution is -0.129. The Morgan fingerprint density at radius 1 is 1.11 bits per heavy atom. The SMILES string of the molecule is O=C(CSc1nc2c(cnn2-c2ccccc2)c(=O)[nH]1)N1CCC[C@@H]1c1ccc2c(c1)OCCO2. The molecule has 0 spiro atoms. The summed E-state index contributed by atoms with van der Waals surface area (Å²) in [5.74, 6) is 1.65. The fourth-order valence-corrected chi connectivity index (χ4v) is 5.36. The number of hydrogen-bond donors (Lipinski definition) is 1. The van der Waals surface area contributed by atoms with Crippen LogP contribution in [0.3, 0.4) is 0 Å². The van der Waals surface area contributed by atoms with Gasteiger partial charge in [-0.2, -0.15) is 5.10 Å². The van der Waals surface area contributed by atoms with Gasteiger partial charge in [0.05, 0.1) is 23.7 Å². The average Bonchev–Trinajstić information content (AvgIpc) is 3.56. The number of aromatic nitrogens is 4. The number of hydrogen-bond acceptors (Lipinski definition) is 7. The zero-order valence-corrected chi connectivity index (χ0v) is 19.7. The number of carbonyl (C=O) groups is 1. The van der Waals surface area contributed by atoms with E-state index in [0.717, 1.165) is 35.6 Å². The summed E-state index contributed by atoms with van der Waals surface area (Å²) < 4.78 is 13.0. The van der Waals surface area contributed by atoms with Crippen molar-refractivity contribution < 1.29 is 14.3 Å². The van der Waals surface area contributed by atoms with E-state index in [2.05, 4.69) is 15.1 Å². The Morgan fingerprint density at radius 2 is 1.94 bits per heavy atom. The minimum atomic E-state index is -0.276. The van der Waals surface area contributed by atoms with Gasteiger partial charge in [0.25, 0.3) is 5.56 Å². The lowest BCUT2D eigenvalue weighted by Gasteiger charge is -2.26. The van der Waals surface area contributed by atoms with E-state index in [1.165, 1.54) is 18.0 Å². The number of H-pyrrole nitrogens is 1. The zero-order valence-electron chi connectivity index (χ0n) is 18.8. The molecule has 2 aromatic heterocycles. The third-order valence-electron chi connectivity index (χ3n) is 6.27. The minimum Gasteiger partial charge on any atom is -0.486 e. The van der Waals surface area contributed by atoms with Crippen molar-refractivity contribution in [2.24, 2.45) is 0 Å². The Labute approximate surface area is 205 Å². The van der Waals surface area contributed by atoms with Crippen LogP contribution in [0.15, 0.2) is 64.7 Å². The van der Waals surface area contributed by atoms with E-state index < -0.39 is 0 Å². The number of nitrogens with zero attached hydrogens (tertiary/aromatic N) is 4. The van der Waals surface area contributed by atoms with Crippen LogP contribution in [-0.4, -0.2) is 56.1 Å². The molecule has 35 heavy (non-hydrogen) atoms. The second-order valence-corrected chi connectivity index (χ2v) is 9.40. The molecule has 0 unspecified atom stereocenters. The molecule has 0 radical (unpaired) electrons. The van der Waals surface area contributed by atoms with Crippen molar-refractivity contribution in [3.8, 4) is 17.2 Å². The number of likely N-dealkylation sites (tertiary alicyclic amines) is 1. The van der Waals surface area contributed by atoms with Crippen LogP contribution in [0, 0.1) is 0 Å². The third-order valence-corrected chi connectivity index (χ3v) is 7.13. The van der Waals surface area contributed by atoms with Crippen LogP contribution < -0.4 is 15.0 Å². The number of carbonyl (C=O) groups excluding carboxylic acids is 1. The number of rotatable bonds is 5. The van der Waals surface area contributed by atoms with Gasteiger partial charge < -0.3 is 19.4 Å². The van der Waals surface area contributed by atoms with Crippen LogP contribution in [0.1, 0.15) is 24.4 Å². The smallest absolute Gasteiger partial charge is 0.262 e. The first-order valence-electron chi connectivity index (χ1n) is 11.5. The fourth-order valence-electron chi connectivity index (χ4n) is 4.62. The maximum absolute atomic E-state index is 13.2. The number of ether oxygens (including phenoxy) is 2. The van der Waals surface area contributed by atoms with Crippen LogP contribution in [0.5, 0.6) is 11.5 Å². The second-order valence-electron chi connectivity index (χ2n) is 8.44. The Hall–Kier alpha value is -3.79. The minimum absolute atomic E-state index is 0.00621. The summed E-state index contributed by atoms with van der Waals surface area (Å²) >= 11 is 1.23. The molecule has 0 bridgehead atoms. The quantitative estimate of drug-likeness (QED) is 0.339. The highest BCUT2D eigenvalue weighted by molar-refractivity contribution is 7.99. The Kier molecular flexibility index (Phi) is 5.65. The number of benzene rings is 2. The summed E-state index contributed by atoms with van der Waals surface area (Å²) in [7, 11) is 0. The molecule has 6 rings (SSSR count). The van der Waals surface area contributed by atoms with Gasteiger partial charge in [0.1, 0.15) is 18.6 Å². The fraction of sp³-hybridized carbons (Fsp3) is 0.280. The molecule has 2 aliphatic rings. The van der Waals surface area contributed by atoms with Gasteiger partial charge in [-0.05, 0) is 42.7 Å². The first-order valence-corrected chi connectivity index (χ1v) is 12.5. The van der Waals surface area contributed by atoms with Crippen LogP contribution in [-0.2, 0) is 4.79 Å². The van der Waals surface area contributed by atoms with Gasteiger partial charge in [-0.25, -0.2) is 9.67 Å². The molecular weight excluding hydrogens is 466 g/mol. The van der Waals surface area contributed by atoms with Gasteiger partial charge >= 0.3 is 0 Å². The van der Waals surface area contributed by atoms with Gasteiger partial charge in [-0.1, -0.05) is 36.0 Å². The lowest BCUT2D eigenvalue weighted by atomic mass is 10.0. The van der Waals surface area contributed by atoms with Crippen molar-refractivity contribution >= 4 is 28.7 Å². The molecule has 0 saturated carbocycles. The van der Waals surface area contributed by atoms with E-state index in [9.17, 15) is 9.59 Å². The van der Waals surface area contributed by atoms with Gasteiger partial charge in [-0.3, -0.25) is 9.59 Å². The molecule has 1 fully saturated rings. The number of nitrogens with one attached hydrogen (secondary N) is 1. The highest BCUT2D eigenvalue weighted by atomic mass is 32.2. The first kappa shape index (κ1) is 21.7. The summed E-state index contributed by atoms with van der Waals surface area (Å²) in [5.41, 5.74) is 2.05. The first-order chi connectivity index (χ1) is 17.2. The topological polar surface area (TPSA) is 102 Å². The van der Waals surface area contributed by atoms with Crippen molar-refractivity contribution in [3.05, 3.63) is 70.6 Å². The molecule has 1 N–H and O–H groups in total. The molecule has 2 aromatic carbocycles. The number of para-hydroxylation sites is 1. The zero-order chi connectivity index (χ0) is 23.8. The average molecular weight is 490 g/mol. The second kappa shape index (κ2) is 9.10. The van der Waals surface area contributed by atoms with Crippen LogP contribution in [0.2, 0.25) is 0 Å². The standard InChI is InChI=1S/C25H23N5O4S/c31-22(29-10-4-7-19(29)16-8-9-20-21(13-16)34-12-11-33-20)15-35-25-27-23-18(24(32)28-25)14-26-30(23)17-5-2-1-3-6-17/h1-3,5-6,8-9,13-14,19H,4,7,10-12,15H2,(H,27,28,32)/t19-/m1/s1. The maximum Gasteiger partial charge on any atom is 0.262 e. The molecule has 1 amide bonds. The molecule has 2 aliphatic heterocycles. The number of fused-ring (bicyclic) bond motifs is 2. The van der Waals surface area contributed by atoms with E-state index in [1.54, 1.807) is 4.68 Å². The Morgan fingerprint density at radius 3 is 2.80 bits per heavy atom. The number of amides is 1. The van der Waals surface area contributed by atoms with Crippen molar-refractivity contribution in [2.45, 2.75) is 24.0 Å².